The van der Waals surface area contributed by atoms with Crippen molar-refractivity contribution in [2.45, 2.75) is 26.2 Å². The lowest BCUT2D eigenvalue weighted by Crippen LogP contribution is -2.29. The van der Waals surface area contributed by atoms with E-state index in [0.717, 1.165) is 16.5 Å². The number of pyridine rings is 1. The van der Waals surface area contributed by atoms with Gasteiger partial charge >= 0.3 is 0 Å². The molecule has 4 nitrogen and oxygen atoms in total. The fourth-order valence-electron chi connectivity index (χ4n) is 3.19. The highest BCUT2D eigenvalue weighted by Crippen LogP contribution is 2.26. The number of carbonyl (C=O) groups excluding carboxylic acids is 2. The van der Waals surface area contributed by atoms with Crippen LogP contribution < -0.4 is 0 Å². The highest BCUT2D eigenvalue weighted by molar-refractivity contribution is 6.83. The predicted molar refractivity (Wildman–Crippen MR) is 113 cm³/mol. The minimum Gasteiger partial charge on any atom is -0.270 e. The van der Waals surface area contributed by atoms with Crippen molar-refractivity contribution in [1.29, 1.82) is 0 Å². The lowest BCUT2D eigenvalue weighted by molar-refractivity contribution is 0.0642. The topological polar surface area (TPSA) is 50.3 Å². The molecule has 138 valence electrons. The summed E-state index contributed by atoms with van der Waals surface area (Å²) in [7, 11) is -1.60. The molecule has 28 heavy (non-hydrogen) atoms. The van der Waals surface area contributed by atoms with Crippen molar-refractivity contribution < 1.29 is 9.59 Å². The number of hydrogen-bond donors (Lipinski definition) is 0. The summed E-state index contributed by atoms with van der Waals surface area (Å²) in [5.41, 5.74) is 6.54. The van der Waals surface area contributed by atoms with E-state index in [4.69, 9.17) is 4.98 Å². The van der Waals surface area contributed by atoms with E-state index in [1.807, 2.05) is 30.3 Å². The fraction of sp³-hybridized carbons (Fsp3) is 0.174. The predicted octanol–water partition coefficient (Wildman–Crippen LogP) is 4.26. The molecule has 0 saturated heterocycles. The molecule has 0 N–H and O–H groups in total. The average Bonchev–Trinajstić information content (AvgIpc) is 2.91. The maximum absolute atomic E-state index is 12.8. The first-order chi connectivity index (χ1) is 13.3. The molecule has 0 atom stereocenters. The number of aromatic nitrogens is 1. The van der Waals surface area contributed by atoms with Crippen LogP contribution in [0.15, 0.2) is 54.6 Å². The van der Waals surface area contributed by atoms with Crippen molar-refractivity contribution in [3.8, 4) is 11.5 Å². The molecule has 2 amide bonds. The fourth-order valence-corrected chi connectivity index (χ4v) is 3.68. The van der Waals surface area contributed by atoms with Crippen LogP contribution in [0.5, 0.6) is 0 Å². The molecule has 2 aromatic carbocycles. The van der Waals surface area contributed by atoms with Gasteiger partial charge in [0, 0.05) is 10.9 Å². The van der Waals surface area contributed by atoms with E-state index in [9.17, 15) is 9.59 Å². The van der Waals surface area contributed by atoms with Crippen LogP contribution in [0.2, 0.25) is 19.6 Å². The van der Waals surface area contributed by atoms with Crippen LogP contribution in [0.3, 0.4) is 0 Å². The summed E-state index contributed by atoms with van der Waals surface area (Å²) in [5.74, 6) is 2.69. The summed E-state index contributed by atoms with van der Waals surface area (Å²) in [6.07, 6.45) is 0. The monoisotopic (exact) mass is 384 g/mol. The minimum absolute atomic E-state index is 0.167. The molecule has 1 aromatic heterocycles. The number of amides is 2. The minimum atomic E-state index is -1.60. The second kappa shape index (κ2) is 6.74. The van der Waals surface area contributed by atoms with Crippen LogP contribution in [0.1, 0.15) is 32.0 Å². The largest absolute Gasteiger partial charge is 0.270 e. The van der Waals surface area contributed by atoms with Crippen LogP contribution in [0.25, 0.3) is 10.9 Å². The number of fused-ring (bicyclic) bond motifs is 2. The Morgan fingerprint density at radius 1 is 0.929 bits per heavy atom. The number of nitrogens with zero attached hydrogens (tertiary/aromatic N) is 2. The van der Waals surface area contributed by atoms with Crippen molar-refractivity contribution in [2.24, 2.45) is 0 Å². The Hall–Kier alpha value is -3.23. The molecule has 5 heteroatoms. The third-order valence-electron chi connectivity index (χ3n) is 4.57. The maximum Gasteiger partial charge on any atom is 0.261 e. The summed E-state index contributed by atoms with van der Waals surface area (Å²) in [6, 6.07) is 16.7. The molecule has 1 aliphatic heterocycles. The van der Waals surface area contributed by atoms with Crippen LogP contribution >= 0.6 is 0 Å². The van der Waals surface area contributed by atoms with Gasteiger partial charge in [-0.3, -0.25) is 14.5 Å². The molecule has 0 spiro atoms. The first-order valence-electron chi connectivity index (χ1n) is 9.20. The Morgan fingerprint density at radius 2 is 1.54 bits per heavy atom. The number of benzene rings is 2. The summed E-state index contributed by atoms with van der Waals surface area (Å²) < 4.78 is 0. The molecule has 3 aromatic rings. The van der Waals surface area contributed by atoms with Crippen molar-refractivity contribution in [3.63, 3.8) is 0 Å². The number of carbonyl (C=O) groups is 2. The van der Waals surface area contributed by atoms with Gasteiger partial charge < -0.3 is 0 Å². The molecule has 1 aliphatic rings. The third kappa shape index (κ3) is 3.35. The van der Waals surface area contributed by atoms with E-state index in [0.29, 0.717) is 16.8 Å². The molecule has 0 aliphatic carbocycles. The molecule has 0 fully saturated rings. The van der Waals surface area contributed by atoms with Gasteiger partial charge in [-0.25, -0.2) is 4.98 Å². The van der Waals surface area contributed by atoms with E-state index in [2.05, 4.69) is 31.1 Å². The molecule has 0 radical (unpaired) electrons. The lowest BCUT2D eigenvalue weighted by atomic mass is 10.1. The Labute approximate surface area is 165 Å². The first kappa shape index (κ1) is 18.1. The summed E-state index contributed by atoms with van der Waals surface area (Å²) in [4.78, 5) is 31.5. The Kier molecular flexibility index (Phi) is 4.36. The van der Waals surface area contributed by atoms with Gasteiger partial charge in [-0.2, -0.15) is 0 Å². The van der Waals surface area contributed by atoms with Crippen LogP contribution in [-0.4, -0.2) is 29.8 Å². The van der Waals surface area contributed by atoms with Gasteiger partial charge in [0.2, 0.25) is 0 Å². The van der Waals surface area contributed by atoms with Gasteiger partial charge in [-0.1, -0.05) is 55.9 Å². The SMILES string of the molecule is C[Si](C)(C)C#Cc1nc2ccccc2cc1CN1C(=O)c2ccccc2C1=O. The Morgan fingerprint density at radius 3 is 2.18 bits per heavy atom. The normalized spacial score (nSPS) is 13.5. The zero-order chi connectivity index (χ0) is 19.9. The van der Waals surface area contributed by atoms with Crippen molar-refractivity contribution in [2.75, 3.05) is 0 Å². The number of para-hydroxylation sites is 1. The van der Waals surface area contributed by atoms with E-state index >= 15 is 0 Å². The molecule has 0 saturated carbocycles. The molecular weight excluding hydrogens is 364 g/mol. The molecule has 0 bridgehead atoms. The first-order valence-corrected chi connectivity index (χ1v) is 12.7. The smallest absolute Gasteiger partial charge is 0.261 e. The second-order valence-corrected chi connectivity index (χ2v) is 12.7. The zero-order valence-corrected chi connectivity index (χ0v) is 17.1. The average molecular weight is 385 g/mol. The number of hydrogen-bond acceptors (Lipinski definition) is 3. The third-order valence-corrected chi connectivity index (χ3v) is 5.44. The van der Waals surface area contributed by atoms with E-state index in [1.54, 1.807) is 24.3 Å². The number of rotatable bonds is 2. The Balaban J connectivity index is 1.78. The van der Waals surface area contributed by atoms with E-state index < -0.39 is 8.07 Å². The summed E-state index contributed by atoms with van der Waals surface area (Å²) in [6.45, 7) is 6.68. The van der Waals surface area contributed by atoms with Gasteiger partial charge in [-0.05, 0) is 24.3 Å². The van der Waals surface area contributed by atoms with Crippen LogP contribution in [0.4, 0.5) is 0 Å². The quantitative estimate of drug-likeness (QED) is 0.377. The Bertz CT molecular complexity index is 1150. The zero-order valence-electron chi connectivity index (χ0n) is 16.1. The molecule has 2 heterocycles. The van der Waals surface area contributed by atoms with Crippen LogP contribution in [0, 0.1) is 11.5 Å². The molecular formula is C23H20N2O2Si. The highest BCUT2D eigenvalue weighted by Gasteiger charge is 2.35. The molecule has 0 unspecified atom stereocenters. The lowest BCUT2D eigenvalue weighted by Gasteiger charge is -2.15. The van der Waals surface area contributed by atoms with Crippen molar-refractivity contribution in [1.82, 2.24) is 9.88 Å². The van der Waals surface area contributed by atoms with Gasteiger partial charge in [0.15, 0.2) is 0 Å². The van der Waals surface area contributed by atoms with Crippen molar-refractivity contribution >= 4 is 30.8 Å². The van der Waals surface area contributed by atoms with E-state index in [1.165, 1.54) is 4.90 Å². The standard InChI is InChI=1S/C23H20N2O2Si/c1-28(2,3)13-12-21-17(14-16-8-4-7-11-20(16)24-21)15-25-22(26)18-9-5-6-10-19(18)23(25)27/h4-11,14H,15H2,1-3H3. The van der Waals surface area contributed by atoms with Gasteiger partial charge in [0.25, 0.3) is 11.8 Å². The van der Waals surface area contributed by atoms with Gasteiger partial charge in [0.05, 0.1) is 23.2 Å². The van der Waals surface area contributed by atoms with Crippen molar-refractivity contribution in [3.05, 3.63) is 77.0 Å². The number of imide groups is 1. The summed E-state index contributed by atoms with van der Waals surface area (Å²) >= 11 is 0. The van der Waals surface area contributed by atoms with Crippen LogP contribution in [-0.2, 0) is 6.54 Å². The highest BCUT2D eigenvalue weighted by atomic mass is 28.3. The second-order valence-electron chi connectivity index (χ2n) is 7.93. The molecule has 4 rings (SSSR count). The van der Waals surface area contributed by atoms with Gasteiger partial charge in [0.1, 0.15) is 13.8 Å². The maximum atomic E-state index is 12.8. The van der Waals surface area contributed by atoms with Gasteiger partial charge in [-0.15, -0.1) is 5.54 Å². The van der Waals surface area contributed by atoms with E-state index in [-0.39, 0.29) is 18.4 Å². The summed E-state index contributed by atoms with van der Waals surface area (Å²) in [5, 5.41) is 0.965.